The van der Waals surface area contributed by atoms with Gasteiger partial charge in [-0.05, 0) is 25.7 Å². The van der Waals surface area contributed by atoms with E-state index in [1.165, 1.54) is 28.4 Å². The molecule has 1 fully saturated rings. The normalized spacial score (nSPS) is 22.4. The van der Waals surface area contributed by atoms with E-state index in [9.17, 15) is 9.59 Å². The summed E-state index contributed by atoms with van der Waals surface area (Å²) in [5.74, 6) is 0.163. The largest absolute Gasteiger partial charge is 0.349 e. The summed E-state index contributed by atoms with van der Waals surface area (Å²) in [4.78, 5) is 29.7. The average Bonchev–Trinajstić information content (AvgIpc) is 2.84. The molecule has 1 amide bonds. The Balaban J connectivity index is 1.89. The topological polar surface area (TPSA) is 63.5 Å². The van der Waals surface area contributed by atoms with Gasteiger partial charge in [-0.1, -0.05) is 19.8 Å². The van der Waals surface area contributed by atoms with Crippen molar-refractivity contribution in [1.29, 1.82) is 0 Å². The highest BCUT2D eigenvalue weighted by atomic mass is 32.1. The average molecular weight is 305 g/mol. The number of nitrogens with zero attached hydrogens (tertiary/aromatic N) is 2. The van der Waals surface area contributed by atoms with Gasteiger partial charge in [-0.3, -0.25) is 14.0 Å². The van der Waals surface area contributed by atoms with Gasteiger partial charge in [0.25, 0.3) is 11.5 Å². The summed E-state index contributed by atoms with van der Waals surface area (Å²) < 4.78 is 1.50. The third-order valence-electron chi connectivity index (χ3n) is 4.29. The van der Waals surface area contributed by atoms with E-state index in [1.807, 2.05) is 12.3 Å². The molecular weight excluding hydrogens is 286 g/mol. The van der Waals surface area contributed by atoms with E-state index in [2.05, 4.69) is 17.2 Å². The second-order valence-corrected chi connectivity index (χ2v) is 6.65. The molecule has 21 heavy (non-hydrogen) atoms. The number of amides is 1. The third kappa shape index (κ3) is 2.60. The molecule has 0 saturated heterocycles. The van der Waals surface area contributed by atoms with E-state index in [-0.39, 0.29) is 23.1 Å². The van der Waals surface area contributed by atoms with Crippen molar-refractivity contribution < 1.29 is 4.79 Å². The van der Waals surface area contributed by atoms with Crippen LogP contribution >= 0.6 is 11.3 Å². The second-order valence-electron chi connectivity index (χ2n) is 5.81. The van der Waals surface area contributed by atoms with Crippen LogP contribution in [0.3, 0.4) is 0 Å². The van der Waals surface area contributed by atoms with Crippen LogP contribution < -0.4 is 10.9 Å². The van der Waals surface area contributed by atoms with E-state index in [0.29, 0.717) is 10.9 Å². The van der Waals surface area contributed by atoms with Crippen LogP contribution in [0.4, 0.5) is 0 Å². The molecule has 0 spiro atoms. The van der Waals surface area contributed by atoms with Crippen LogP contribution in [0.25, 0.3) is 4.96 Å². The van der Waals surface area contributed by atoms with Crippen LogP contribution in [0.15, 0.2) is 16.4 Å². The highest BCUT2D eigenvalue weighted by Gasteiger charge is 2.24. The van der Waals surface area contributed by atoms with Gasteiger partial charge in [0.15, 0.2) is 4.96 Å². The number of fused-ring (bicyclic) bond motifs is 1. The molecule has 2 atom stereocenters. The molecule has 6 heteroatoms. The predicted molar refractivity (Wildman–Crippen MR) is 83.0 cm³/mol. The summed E-state index contributed by atoms with van der Waals surface area (Å²) in [5.41, 5.74) is 0.666. The van der Waals surface area contributed by atoms with Gasteiger partial charge in [0.1, 0.15) is 5.56 Å². The summed E-state index contributed by atoms with van der Waals surface area (Å²) in [6.45, 7) is 4.00. The fourth-order valence-corrected chi connectivity index (χ4v) is 3.78. The highest BCUT2D eigenvalue weighted by Crippen LogP contribution is 2.23. The molecule has 3 rings (SSSR count). The molecule has 0 aromatic carbocycles. The number of hydrogen-bond donors (Lipinski definition) is 1. The van der Waals surface area contributed by atoms with Crippen molar-refractivity contribution in [3.8, 4) is 0 Å². The first-order valence-corrected chi connectivity index (χ1v) is 8.22. The minimum atomic E-state index is -0.300. The molecule has 112 valence electrons. The molecule has 0 bridgehead atoms. The summed E-state index contributed by atoms with van der Waals surface area (Å²) in [6, 6.07) is 0.162. The highest BCUT2D eigenvalue weighted by molar-refractivity contribution is 7.15. The molecule has 0 radical (unpaired) electrons. The fraction of sp³-hybridized carbons (Fsp3) is 0.533. The van der Waals surface area contributed by atoms with Crippen molar-refractivity contribution >= 4 is 22.2 Å². The van der Waals surface area contributed by atoms with Crippen molar-refractivity contribution in [2.45, 2.75) is 45.6 Å². The van der Waals surface area contributed by atoms with Gasteiger partial charge in [0, 0.05) is 23.3 Å². The molecule has 2 aromatic heterocycles. The lowest BCUT2D eigenvalue weighted by Crippen LogP contribution is -2.43. The molecule has 1 N–H and O–H groups in total. The lowest BCUT2D eigenvalue weighted by atomic mass is 9.86. The Morgan fingerprint density at radius 3 is 2.95 bits per heavy atom. The summed E-state index contributed by atoms with van der Waals surface area (Å²) in [6.07, 6.45) is 5.87. The molecule has 1 aliphatic rings. The van der Waals surface area contributed by atoms with Crippen LogP contribution in [0, 0.1) is 12.8 Å². The summed E-state index contributed by atoms with van der Waals surface area (Å²) in [7, 11) is 0. The van der Waals surface area contributed by atoms with E-state index < -0.39 is 0 Å². The Bertz CT molecular complexity index is 734. The van der Waals surface area contributed by atoms with Gasteiger partial charge in [0.2, 0.25) is 0 Å². The number of thiazole rings is 1. The van der Waals surface area contributed by atoms with Gasteiger partial charge in [0.05, 0.1) is 0 Å². The van der Waals surface area contributed by atoms with Crippen LogP contribution in [0.1, 0.15) is 48.7 Å². The zero-order valence-corrected chi connectivity index (χ0v) is 13.1. The van der Waals surface area contributed by atoms with E-state index in [0.717, 1.165) is 25.0 Å². The second kappa shape index (κ2) is 5.60. The molecule has 2 unspecified atom stereocenters. The maximum absolute atomic E-state index is 12.4. The first kappa shape index (κ1) is 14.3. The molecular formula is C15H19N3O2S. The van der Waals surface area contributed by atoms with Crippen molar-refractivity contribution in [2.75, 3.05) is 0 Å². The molecule has 1 saturated carbocycles. The van der Waals surface area contributed by atoms with Crippen molar-refractivity contribution in [1.82, 2.24) is 14.7 Å². The third-order valence-corrected chi connectivity index (χ3v) is 5.25. The quantitative estimate of drug-likeness (QED) is 0.926. The molecule has 0 aliphatic heterocycles. The first-order valence-electron chi connectivity index (χ1n) is 7.34. The zero-order valence-electron chi connectivity index (χ0n) is 12.3. The number of carbonyl (C=O) groups is 1. The number of hydrogen-bond acceptors (Lipinski definition) is 4. The lowest BCUT2D eigenvalue weighted by Gasteiger charge is -2.29. The summed E-state index contributed by atoms with van der Waals surface area (Å²) >= 11 is 1.40. The molecule has 2 heterocycles. The van der Waals surface area contributed by atoms with Crippen LogP contribution in [-0.4, -0.2) is 21.3 Å². The zero-order chi connectivity index (χ0) is 15.0. The SMILES string of the molecule is Cc1csc2ncc(C(=O)NC3CCCCC3C)c(=O)n12. The van der Waals surface area contributed by atoms with Crippen molar-refractivity contribution in [2.24, 2.45) is 5.92 Å². The van der Waals surface area contributed by atoms with E-state index >= 15 is 0 Å². The van der Waals surface area contributed by atoms with Gasteiger partial charge < -0.3 is 5.32 Å². The Morgan fingerprint density at radius 2 is 2.19 bits per heavy atom. The van der Waals surface area contributed by atoms with Crippen LogP contribution in [-0.2, 0) is 0 Å². The maximum atomic E-state index is 12.4. The van der Waals surface area contributed by atoms with Crippen molar-refractivity contribution in [3.63, 3.8) is 0 Å². The van der Waals surface area contributed by atoms with Crippen molar-refractivity contribution in [3.05, 3.63) is 33.2 Å². The van der Waals surface area contributed by atoms with E-state index in [1.54, 1.807) is 0 Å². The Labute approximate surface area is 127 Å². The monoisotopic (exact) mass is 305 g/mol. The number of carbonyl (C=O) groups excluding carboxylic acids is 1. The number of nitrogens with one attached hydrogen (secondary N) is 1. The molecule has 5 nitrogen and oxygen atoms in total. The van der Waals surface area contributed by atoms with E-state index in [4.69, 9.17) is 0 Å². The number of rotatable bonds is 2. The van der Waals surface area contributed by atoms with Crippen LogP contribution in [0.2, 0.25) is 0 Å². The van der Waals surface area contributed by atoms with Gasteiger partial charge >= 0.3 is 0 Å². The van der Waals surface area contributed by atoms with Gasteiger partial charge in [-0.25, -0.2) is 4.98 Å². The van der Waals surface area contributed by atoms with Crippen LogP contribution in [0.5, 0.6) is 0 Å². The lowest BCUT2D eigenvalue weighted by molar-refractivity contribution is 0.0908. The minimum absolute atomic E-state index is 0.131. The fourth-order valence-electron chi connectivity index (χ4n) is 2.96. The number of aromatic nitrogens is 2. The predicted octanol–water partition coefficient (Wildman–Crippen LogP) is 2.37. The standard InChI is InChI=1S/C15H19N3O2S/c1-9-5-3-4-6-12(9)17-13(19)11-7-16-15-18(14(11)20)10(2)8-21-15/h7-9,12H,3-6H2,1-2H3,(H,17,19). The first-order chi connectivity index (χ1) is 10.1. The number of aryl methyl sites for hydroxylation is 1. The van der Waals surface area contributed by atoms with Gasteiger partial charge in [-0.15, -0.1) is 11.3 Å². The minimum Gasteiger partial charge on any atom is -0.349 e. The molecule has 1 aliphatic carbocycles. The molecule has 2 aromatic rings. The Morgan fingerprint density at radius 1 is 1.43 bits per heavy atom. The smallest absolute Gasteiger partial charge is 0.271 e. The van der Waals surface area contributed by atoms with Gasteiger partial charge in [-0.2, -0.15) is 0 Å². The maximum Gasteiger partial charge on any atom is 0.271 e. The summed E-state index contributed by atoms with van der Waals surface area (Å²) in [5, 5.41) is 4.88. The Kier molecular flexibility index (Phi) is 3.80. The Hall–Kier alpha value is -1.69.